The number of methoxy groups -OCH3 is 1. The van der Waals surface area contributed by atoms with Crippen LogP contribution in [0.2, 0.25) is 0 Å². The molecule has 0 unspecified atom stereocenters. The minimum Gasteiger partial charge on any atom is -0.469 e. The molecule has 7 nitrogen and oxygen atoms in total. The summed E-state index contributed by atoms with van der Waals surface area (Å²) in [6.45, 7) is 2.34. The number of carbonyl (C=O) groups excluding carboxylic acids is 2. The first kappa shape index (κ1) is 20.4. The number of hydrogen-bond acceptors (Lipinski definition) is 5. The number of para-hydroxylation sites is 2. The van der Waals surface area contributed by atoms with Gasteiger partial charge in [0.25, 0.3) is 0 Å². The topological polar surface area (TPSA) is 90.5 Å². The maximum atomic E-state index is 12.5. The molecule has 152 valence electrons. The monoisotopic (exact) mass is 396 g/mol. The molecule has 3 rings (SSSR count). The molecule has 0 aliphatic heterocycles. The number of ether oxygens (including phenoxy) is 1. The summed E-state index contributed by atoms with van der Waals surface area (Å²) >= 11 is 0. The third-order valence-corrected chi connectivity index (χ3v) is 4.77. The number of rotatable bonds is 8. The maximum Gasteiger partial charge on any atom is 0.419 e. The van der Waals surface area contributed by atoms with Crippen LogP contribution in [-0.4, -0.2) is 23.6 Å². The first-order valence-electron chi connectivity index (χ1n) is 9.49. The van der Waals surface area contributed by atoms with E-state index in [9.17, 15) is 14.4 Å². The number of amides is 1. The van der Waals surface area contributed by atoms with Gasteiger partial charge in [-0.05, 0) is 31.0 Å². The van der Waals surface area contributed by atoms with E-state index in [-0.39, 0.29) is 18.7 Å². The zero-order valence-electron chi connectivity index (χ0n) is 16.5. The SMILES string of the molecule is COC(=O)C[C@@H](NC(=O)CCCn1c(=O)oc2ccccc21)c1ccc(C)cc1. The van der Waals surface area contributed by atoms with Crippen molar-refractivity contribution < 1.29 is 18.7 Å². The molecule has 0 fully saturated rings. The minimum atomic E-state index is -0.465. The van der Waals surface area contributed by atoms with Crippen molar-refractivity contribution in [2.24, 2.45) is 0 Å². The van der Waals surface area contributed by atoms with E-state index in [1.807, 2.05) is 43.3 Å². The van der Waals surface area contributed by atoms with Gasteiger partial charge in [0.1, 0.15) is 0 Å². The van der Waals surface area contributed by atoms with Crippen molar-refractivity contribution in [1.82, 2.24) is 9.88 Å². The first-order chi connectivity index (χ1) is 14.0. The fourth-order valence-electron chi connectivity index (χ4n) is 3.19. The van der Waals surface area contributed by atoms with Crippen molar-refractivity contribution in [2.45, 2.75) is 38.8 Å². The molecule has 1 N–H and O–H groups in total. The fourth-order valence-corrected chi connectivity index (χ4v) is 3.19. The van der Waals surface area contributed by atoms with Gasteiger partial charge in [-0.25, -0.2) is 4.79 Å². The van der Waals surface area contributed by atoms with Crippen molar-refractivity contribution in [3.63, 3.8) is 0 Å². The largest absolute Gasteiger partial charge is 0.469 e. The quantitative estimate of drug-likeness (QED) is 0.591. The van der Waals surface area contributed by atoms with Crippen LogP contribution >= 0.6 is 0 Å². The van der Waals surface area contributed by atoms with E-state index in [2.05, 4.69) is 5.32 Å². The van der Waals surface area contributed by atoms with Crippen LogP contribution in [0.15, 0.2) is 57.7 Å². The molecule has 0 bridgehead atoms. The van der Waals surface area contributed by atoms with Crippen molar-refractivity contribution in [3.8, 4) is 0 Å². The number of aromatic nitrogens is 1. The highest BCUT2D eigenvalue weighted by Crippen LogP contribution is 2.19. The molecule has 29 heavy (non-hydrogen) atoms. The van der Waals surface area contributed by atoms with Gasteiger partial charge in [0.05, 0.1) is 25.1 Å². The number of oxazole rings is 1. The number of fused-ring (bicyclic) bond motifs is 1. The number of esters is 1. The lowest BCUT2D eigenvalue weighted by atomic mass is 10.0. The summed E-state index contributed by atoms with van der Waals surface area (Å²) in [6, 6.07) is 14.4. The van der Waals surface area contributed by atoms with E-state index in [0.29, 0.717) is 24.1 Å². The predicted octanol–water partition coefficient (Wildman–Crippen LogP) is 3.10. The molecule has 1 atom stereocenters. The number of carbonyl (C=O) groups is 2. The summed E-state index contributed by atoms with van der Waals surface area (Å²) in [5, 5.41) is 2.90. The zero-order valence-corrected chi connectivity index (χ0v) is 16.5. The Kier molecular flexibility index (Phi) is 6.49. The molecule has 0 saturated carbocycles. The standard InChI is InChI=1S/C22H24N2O5/c1-15-9-11-16(12-10-15)17(14-21(26)28-2)23-20(25)8-5-13-24-18-6-3-4-7-19(18)29-22(24)27/h3-4,6-7,9-12,17H,5,8,13-14H2,1-2H3,(H,23,25)/t17-/m1/s1. The molecule has 7 heteroatoms. The highest BCUT2D eigenvalue weighted by molar-refractivity contribution is 5.78. The van der Waals surface area contributed by atoms with Crippen LogP contribution in [0.25, 0.3) is 11.1 Å². The average Bonchev–Trinajstić information content (AvgIpc) is 3.03. The highest BCUT2D eigenvalue weighted by atomic mass is 16.5. The summed E-state index contributed by atoms with van der Waals surface area (Å²) < 4.78 is 11.5. The molecule has 0 spiro atoms. The minimum absolute atomic E-state index is 0.0527. The van der Waals surface area contributed by atoms with Crippen molar-refractivity contribution in [3.05, 3.63) is 70.2 Å². The summed E-state index contributed by atoms with van der Waals surface area (Å²) in [5.74, 6) is -1.03. The van der Waals surface area contributed by atoms with Gasteiger partial charge in [-0.3, -0.25) is 14.2 Å². The summed E-state index contributed by atoms with van der Waals surface area (Å²) in [6.07, 6.45) is 0.737. The van der Waals surface area contributed by atoms with Crippen LogP contribution in [-0.2, 0) is 20.9 Å². The molecule has 1 amide bonds. The van der Waals surface area contributed by atoms with Crippen LogP contribution in [0.4, 0.5) is 0 Å². The van der Waals surface area contributed by atoms with E-state index in [1.54, 1.807) is 12.1 Å². The maximum absolute atomic E-state index is 12.5. The van der Waals surface area contributed by atoms with Gasteiger partial charge in [-0.1, -0.05) is 42.0 Å². The molecule has 1 heterocycles. The van der Waals surface area contributed by atoms with Crippen molar-refractivity contribution >= 4 is 23.0 Å². The van der Waals surface area contributed by atoms with Crippen LogP contribution in [0.3, 0.4) is 0 Å². The van der Waals surface area contributed by atoms with E-state index >= 15 is 0 Å². The lowest BCUT2D eigenvalue weighted by Gasteiger charge is -2.18. The molecule has 1 aromatic heterocycles. The molecule has 3 aromatic rings. The highest BCUT2D eigenvalue weighted by Gasteiger charge is 2.19. The van der Waals surface area contributed by atoms with Gasteiger partial charge in [0.2, 0.25) is 5.91 Å². The van der Waals surface area contributed by atoms with Gasteiger partial charge in [-0.15, -0.1) is 0 Å². The second-order valence-corrected chi connectivity index (χ2v) is 6.90. The molecular formula is C22H24N2O5. The van der Waals surface area contributed by atoms with Crippen molar-refractivity contribution in [2.75, 3.05) is 7.11 Å². The van der Waals surface area contributed by atoms with Gasteiger partial charge >= 0.3 is 11.7 Å². The lowest BCUT2D eigenvalue weighted by molar-refractivity contribution is -0.141. The second-order valence-electron chi connectivity index (χ2n) is 6.90. The Morgan fingerprint density at radius 1 is 1.14 bits per heavy atom. The second kappa shape index (κ2) is 9.23. The van der Waals surface area contributed by atoms with E-state index in [0.717, 1.165) is 11.1 Å². The Bertz CT molecular complexity index is 1050. The Hall–Kier alpha value is -3.35. The normalized spacial score (nSPS) is 11.9. The van der Waals surface area contributed by atoms with Crippen LogP contribution in [0.1, 0.15) is 36.4 Å². The van der Waals surface area contributed by atoms with Crippen LogP contribution in [0, 0.1) is 6.92 Å². The molecule has 0 aliphatic rings. The van der Waals surface area contributed by atoms with Crippen LogP contribution < -0.4 is 11.1 Å². The fraction of sp³-hybridized carbons (Fsp3) is 0.318. The number of hydrogen-bond donors (Lipinski definition) is 1. The average molecular weight is 396 g/mol. The number of nitrogens with zero attached hydrogens (tertiary/aromatic N) is 1. The third-order valence-electron chi connectivity index (χ3n) is 4.77. The van der Waals surface area contributed by atoms with Crippen molar-refractivity contribution in [1.29, 1.82) is 0 Å². The molecular weight excluding hydrogens is 372 g/mol. The Labute approximate surface area is 168 Å². The Morgan fingerprint density at radius 3 is 2.59 bits per heavy atom. The Morgan fingerprint density at radius 2 is 1.86 bits per heavy atom. The summed E-state index contributed by atoms with van der Waals surface area (Å²) in [4.78, 5) is 36.2. The van der Waals surface area contributed by atoms with Gasteiger partial charge in [-0.2, -0.15) is 0 Å². The Balaban J connectivity index is 1.62. The molecule has 0 radical (unpaired) electrons. The molecule has 2 aromatic carbocycles. The molecule has 0 aliphatic carbocycles. The van der Waals surface area contributed by atoms with Crippen LogP contribution in [0.5, 0.6) is 0 Å². The van der Waals surface area contributed by atoms with Gasteiger partial charge in [0.15, 0.2) is 5.58 Å². The predicted molar refractivity (Wildman–Crippen MR) is 108 cm³/mol. The van der Waals surface area contributed by atoms with E-state index < -0.39 is 17.8 Å². The smallest absolute Gasteiger partial charge is 0.419 e. The van der Waals surface area contributed by atoms with Gasteiger partial charge in [0, 0.05) is 13.0 Å². The summed E-state index contributed by atoms with van der Waals surface area (Å²) in [7, 11) is 1.32. The van der Waals surface area contributed by atoms with Gasteiger partial charge < -0.3 is 14.5 Å². The number of aryl methyl sites for hydroxylation is 2. The first-order valence-corrected chi connectivity index (χ1v) is 9.49. The molecule has 0 saturated heterocycles. The van der Waals surface area contributed by atoms with E-state index in [1.165, 1.54) is 11.7 Å². The summed E-state index contributed by atoms with van der Waals surface area (Å²) in [5.41, 5.74) is 3.17. The zero-order chi connectivity index (χ0) is 20.8. The number of benzene rings is 2. The third kappa shape index (κ3) is 5.13. The van der Waals surface area contributed by atoms with E-state index in [4.69, 9.17) is 9.15 Å². The number of nitrogens with one attached hydrogen (secondary N) is 1. The lowest BCUT2D eigenvalue weighted by Crippen LogP contribution is -2.30.